The van der Waals surface area contributed by atoms with E-state index in [1.165, 1.54) is 18.6 Å². The van der Waals surface area contributed by atoms with Crippen molar-refractivity contribution in [1.82, 2.24) is 15.0 Å². The fraction of sp³-hybridized carbons (Fsp3) is 0.238. The number of anilines is 2. The van der Waals surface area contributed by atoms with Gasteiger partial charge in [0.25, 0.3) is 5.91 Å². The van der Waals surface area contributed by atoms with Crippen LogP contribution in [0.5, 0.6) is 5.75 Å². The first kappa shape index (κ1) is 21.5. The van der Waals surface area contributed by atoms with Crippen LogP contribution in [0.1, 0.15) is 21.6 Å². The molecule has 0 saturated carbocycles. The van der Waals surface area contributed by atoms with Gasteiger partial charge in [0.15, 0.2) is 11.5 Å². The van der Waals surface area contributed by atoms with Crippen LogP contribution in [0.15, 0.2) is 49.1 Å². The number of pyridine rings is 1. The second-order valence-electron chi connectivity index (χ2n) is 7.25. The number of rotatable bonds is 5. The van der Waals surface area contributed by atoms with Crippen molar-refractivity contribution in [2.75, 3.05) is 23.3 Å². The number of carbonyl (C=O) groups is 1. The molecule has 3 aromatic rings. The number of hydrogen-bond acceptors (Lipinski definition) is 6. The molecule has 1 N–H and O–H groups in total. The quantitative estimate of drug-likeness (QED) is 0.599. The number of ether oxygens (including phenoxy) is 1. The smallest absolute Gasteiger partial charge is 0.416 e. The molecule has 0 aliphatic carbocycles. The highest BCUT2D eigenvalue weighted by Crippen LogP contribution is 2.33. The SMILES string of the molecule is Cc1cncc(NC(=O)c2nccnc2N2CC(Oc3cc(F)cc(C(F)(F)F)c3)C2)c1. The lowest BCUT2D eigenvalue weighted by Gasteiger charge is -2.40. The van der Waals surface area contributed by atoms with Crippen molar-refractivity contribution >= 4 is 17.4 Å². The zero-order valence-electron chi connectivity index (χ0n) is 16.7. The summed E-state index contributed by atoms with van der Waals surface area (Å²) in [5, 5.41) is 2.71. The number of benzene rings is 1. The molecule has 0 unspecified atom stereocenters. The molecule has 0 bridgehead atoms. The predicted octanol–water partition coefficient (Wildman–Crippen LogP) is 3.86. The Kier molecular flexibility index (Phi) is 5.64. The minimum atomic E-state index is -4.68. The molecular formula is C21H17F4N5O2. The number of alkyl halides is 3. The van der Waals surface area contributed by atoms with Crippen molar-refractivity contribution in [2.45, 2.75) is 19.2 Å². The Morgan fingerprint density at radius 3 is 2.59 bits per heavy atom. The lowest BCUT2D eigenvalue weighted by molar-refractivity contribution is -0.137. The molecule has 3 heterocycles. The highest BCUT2D eigenvalue weighted by molar-refractivity contribution is 6.06. The molecule has 1 saturated heterocycles. The van der Waals surface area contributed by atoms with Crippen LogP contribution < -0.4 is 15.0 Å². The summed E-state index contributed by atoms with van der Waals surface area (Å²) < 4.78 is 57.7. The van der Waals surface area contributed by atoms with Crippen LogP contribution in [-0.4, -0.2) is 40.1 Å². The van der Waals surface area contributed by atoms with E-state index in [0.29, 0.717) is 17.6 Å². The standard InChI is InChI=1S/C21H17F4N5O2/c1-12-4-15(9-26-8-12)29-20(31)18-19(28-3-2-27-18)30-10-17(11-30)32-16-6-13(21(23,24)25)5-14(22)7-16/h2-9,17H,10-11H2,1H3,(H,29,31). The number of halogens is 4. The van der Waals surface area contributed by atoms with Gasteiger partial charge in [-0.1, -0.05) is 0 Å². The number of aromatic nitrogens is 3. The topological polar surface area (TPSA) is 80.2 Å². The highest BCUT2D eigenvalue weighted by Gasteiger charge is 2.35. The van der Waals surface area contributed by atoms with E-state index < -0.39 is 29.6 Å². The molecule has 4 rings (SSSR count). The summed E-state index contributed by atoms with van der Waals surface area (Å²) >= 11 is 0. The van der Waals surface area contributed by atoms with Gasteiger partial charge in [0.2, 0.25) is 0 Å². The van der Waals surface area contributed by atoms with E-state index in [0.717, 1.165) is 17.7 Å². The van der Waals surface area contributed by atoms with E-state index in [-0.39, 0.29) is 24.5 Å². The number of nitrogens with zero attached hydrogens (tertiary/aromatic N) is 4. The number of nitrogens with one attached hydrogen (secondary N) is 1. The fourth-order valence-electron chi connectivity index (χ4n) is 3.21. The molecule has 166 valence electrons. The third-order valence-corrected chi connectivity index (χ3v) is 4.68. The minimum absolute atomic E-state index is 0.0811. The summed E-state index contributed by atoms with van der Waals surface area (Å²) in [6.07, 6.45) is 0.781. The van der Waals surface area contributed by atoms with Crippen LogP contribution in [-0.2, 0) is 6.18 Å². The summed E-state index contributed by atoms with van der Waals surface area (Å²) in [6.45, 7) is 2.32. The van der Waals surface area contributed by atoms with Gasteiger partial charge in [-0.3, -0.25) is 9.78 Å². The second kappa shape index (κ2) is 8.40. The van der Waals surface area contributed by atoms with Gasteiger partial charge in [-0.15, -0.1) is 0 Å². The van der Waals surface area contributed by atoms with Crippen LogP contribution in [0.4, 0.5) is 29.1 Å². The van der Waals surface area contributed by atoms with Gasteiger partial charge < -0.3 is 15.0 Å². The van der Waals surface area contributed by atoms with Gasteiger partial charge in [0.05, 0.1) is 30.5 Å². The van der Waals surface area contributed by atoms with E-state index in [4.69, 9.17) is 4.74 Å². The average molecular weight is 447 g/mol. The van der Waals surface area contributed by atoms with E-state index in [2.05, 4.69) is 20.3 Å². The first-order valence-electron chi connectivity index (χ1n) is 9.52. The number of hydrogen-bond donors (Lipinski definition) is 1. The van der Waals surface area contributed by atoms with Crippen molar-refractivity contribution in [3.63, 3.8) is 0 Å². The van der Waals surface area contributed by atoms with Gasteiger partial charge in [0, 0.05) is 24.7 Å². The Bertz CT molecular complexity index is 1150. The molecule has 1 fully saturated rings. The maximum absolute atomic E-state index is 13.6. The van der Waals surface area contributed by atoms with Gasteiger partial charge >= 0.3 is 6.18 Å². The van der Waals surface area contributed by atoms with Crippen molar-refractivity contribution in [3.05, 3.63) is 71.7 Å². The van der Waals surface area contributed by atoms with Gasteiger partial charge in [-0.05, 0) is 30.7 Å². The molecule has 11 heteroatoms. The monoisotopic (exact) mass is 447 g/mol. The lowest BCUT2D eigenvalue weighted by atomic mass is 10.1. The van der Waals surface area contributed by atoms with E-state index in [1.54, 1.807) is 17.2 Å². The van der Waals surface area contributed by atoms with E-state index >= 15 is 0 Å². The van der Waals surface area contributed by atoms with Crippen LogP contribution in [0, 0.1) is 12.7 Å². The van der Waals surface area contributed by atoms with E-state index in [9.17, 15) is 22.4 Å². The van der Waals surface area contributed by atoms with Crippen LogP contribution in [0.2, 0.25) is 0 Å². The minimum Gasteiger partial charge on any atom is -0.487 e. The fourth-order valence-corrected chi connectivity index (χ4v) is 3.21. The molecule has 1 aliphatic rings. The highest BCUT2D eigenvalue weighted by atomic mass is 19.4. The van der Waals surface area contributed by atoms with E-state index in [1.807, 2.05) is 6.92 Å². The summed E-state index contributed by atoms with van der Waals surface area (Å²) in [6, 6.07) is 3.81. The van der Waals surface area contributed by atoms with Gasteiger partial charge in [-0.25, -0.2) is 14.4 Å². The molecular weight excluding hydrogens is 430 g/mol. The Morgan fingerprint density at radius 1 is 1.12 bits per heavy atom. The lowest BCUT2D eigenvalue weighted by Crippen LogP contribution is -2.54. The maximum Gasteiger partial charge on any atom is 0.416 e. The third kappa shape index (κ3) is 4.76. The first-order valence-corrected chi connectivity index (χ1v) is 9.52. The number of amides is 1. The predicted molar refractivity (Wildman–Crippen MR) is 107 cm³/mol. The van der Waals surface area contributed by atoms with Gasteiger partial charge in [0.1, 0.15) is 17.7 Å². The average Bonchev–Trinajstić information content (AvgIpc) is 2.69. The van der Waals surface area contributed by atoms with Crippen molar-refractivity contribution < 1.29 is 27.1 Å². The zero-order valence-corrected chi connectivity index (χ0v) is 16.7. The molecule has 0 atom stereocenters. The van der Waals surface area contributed by atoms with Crippen LogP contribution in [0.3, 0.4) is 0 Å². The molecule has 7 nitrogen and oxygen atoms in total. The Hall–Kier alpha value is -3.76. The van der Waals surface area contributed by atoms with Crippen LogP contribution in [0.25, 0.3) is 0 Å². The Morgan fingerprint density at radius 2 is 1.88 bits per heavy atom. The largest absolute Gasteiger partial charge is 0.487 e. The Labute approximate surface area is 180 Å². The molecule has 2 aromatic heterocycles. The third-order valence-electron chi connectivity index (χ3n) is 4.68. The van der Waals surface area contributed by atoms with Gasteiger partial charge in [-0.2, -0.15) is 13.2 Å². The molecule has 1 aliphatic heterocycles. The normalized spacial score (nSPS) is 14.1. The van der Waals surface area contributed by atoms with Crippen molar-refractivity contribution in [3.8, 4) is 5.75 Å². The molecule has 0 spiro atoms. The molecule has 1 aromatic carbocycles. The molecule has 1 amide bonds. The first-order chi connectivity index (χ1) is 15.2. The molecule has 0 radical (unpaired) electrons. The summed E-state index contributed by atoms with van der Waals surface area (Å²) in [7, 11) is 0. The zero-order chi connectivity index (χ0) is 22.9. The maximum atomic E-state index is 13.6. The summed E-state index contributed by atoms with van der Waals surface area (Å²) in [5.74, 6) is -1.43. The van der Waals surface area contributed by atoms with Crippen LogP contribution >= 0.6 is 0 Å². The summed E-state index contributed by atoms with van der Waals surface area (Å²) in [4.78, 5) is 26.7. The van der Waals surface area contributed by atoms with Crippen molar-refractivity contribution in [1.29, 1.82) is 0 Å². The number of carbonyl (C=O) groups excluding carboxylic acids is 1. The van der Waals surface area contributed by atoms with Crippen molar-refractivity contribution in [2.24, 2.45) is 0 Å². The second-order valence-corrected chi connectivity index (χ2v) is 7.25. The summed E-state index contributed by atoms with van der Waals surface area (Å²) in [5.41, 5.74) is 0.332. The number of aryl methyl sites for hydroxylation is 1. The molecule has 32 heavy (non-hydrogen) atoms. The Balaban J connectivity index is 1.43.